The Morgan fingerprint density at radius 3 is 2.18 bits per heavy atom. The lowest BCUT2D eigenvalue weighted by molar-refractivity contribution is -0.146. The quantitative estimate of drug-likeness (QED) is 0.254. The van der Waals surface area contributed by atoms with Crippen molar-refractivity contribution in [1.82, 2.24) is 24.5 Å². The molecule has 0 radical (unpaired) electrons. The molecule has 0 aliphatic carbocycles. The number of nitrogens with one attached hydrogen (secondary N) is 1. The maximum absolute atomic E-state index is 14.2. The molecule has 4 heterocycles. The molecule has 14 nitrogen and oxygen atoms in total. The lowest BCUT2D eigenvalue weighted by atomic mass is 10.00. The summed E-state index contributed by atoms with van der Waals surface area (Å²) < 4.78 is 16.3. The van der Waals surface area contributed by atoms with Crippen LogP contribution in [-0.4, -0.2) is 158 Å². The number of hydrogen-bond donors (Lipinski definition) is 2. The predicted octanol–water partition coefficient (Wildman–Crippen LogP) is 4.05. The van der Waals surface area contributed by atoms with Crippen molar-refractivity contribution in [3.63, 3.8) is 0 Å². The summed E-state index contributed by atoms with van der Waals surface area (Å²) in [5.74, 6) is -0.236. The van der Waals surface area contributed by atoms with Crippen molar-refractivity contribution in [2.45, 2.75) is 78.0 Å². The first-order valence-electron chi connectivity index (χ1n) is 19.4. The predicted molar refractivity (Wildman–Crippen MR) is 209 cm³/mol. The SMILES string of the molecule is C.COCCOC(=O)CN1CCC(N2CCN(C(=O)[C@@H](Cc3cc(C)c(O)c(C)c3)OC(=O)N3CCC(N4CCc5ccccc5NC4=O)CC3)CC2)CC1. The maximum atomic E-state index is 14.2. The molecule has 1 atom stereocenters. The summed E-state index contributed by atoms with van der Waals surface area (Å²) in [6.07, 6.45) is 2.52. The van der Waals surface area contributed by atoms with Gasteiger partial charge in [0, 0.05) is 90.2 Å². The largest absolute Gasteiger partial charge is 0.507 e. The molecule has 0 aromatic heterocycles. The number of phenols is 1. The van der Waals surface area contributed by atoms with Crippen molar-refractivity contribution in [3.05, 3.63) is 58.7 Å². The third kappa shape index (κ3) is 10.7. The molecular weight excluding hydrogens is 704 g/mol. The van der Waals surface area contributed by atoms with Gasteiger partial charge in [0.15, 0.2) is 6.10 Å². The number of methoxy groups -OCH3 is 1. The lowest BCUT2D eigenvalue weighted by Gasteiger charge is -2.43. The Kier molecular flexibility index (Phi) is 14.8. The van der Waals surface area contributed by atoms with Gasteiger partial charge in [0.25, 0.3) is 5.91 Å². The van der Waals surface area contributed by atoms with E-state index in [2.05, 4.69) is 15.1 Å². The minimum atomic E-state index is -1.02. The van der Waals surface area contributed by atoms with Crippen LogP contribution in [0.2, 0.25) is 0 Å². The van der Waals surface area contributed by atoms with E-state index in [4.69, 9.17) is 14.2 Å². The number of phenolic OH excluding ortho intramolecular Hbond substituents is 1. The van der Waals surface area contributed by atoms with Crippen LogP contribution in [0.1, 0.15) is 55.4 Å². The number of carbonyl (C=O) groups is 4. The summed E-state index contributed by atoms with van der Waals surface area (Å²) in [7, 11) is 1.58. The summed E-state index contributed by atoms with van der Waals surface area (Å²) in [6.45, 7) is 10.1. The highest BCUT2D eigenvalue weighted by atomic mass is 16.6. The third-order valence-electron chi connectivity index (χ3n) is 11.4. The fraction of sp³-hybridized carbons (Fsp3) is 0.610. The fourth-order valence-corrected chi connectivity index (χ4v) is 8.27. The smallest absolute Gasteiger partial charge is 0.410 e. The zero-order valence-corrected chi connectivity index (χ0v) is 32.0. The number of benzene rings is 2. The van der Waals surface area contributed by atoms with Crippen molar-refractivity contribution >= 4 is 29.7 Å². The van der Waals surface area contributed by atoms with E-state index < -0.39 is 12.2 Å². The minimum Gasteiger partial charge on any atom is -0.507 e. The molecule has 14 heteroatoms. The van der Waals surface area contributed by atoms with Gasteiger partial charge in [-0.3, -0.25) is 19.4 Å². The highest BCUT2D eigenvalue weighted by Crippen LogP contribution is 2.27. The number of hydrogen-bond acceptors (Lipinski definition) is 10. The van der Waals surface area contributed by atoms with E-state index in [1.807, 2.05) is 60.0 Å². The molecule has 0 unspecified atom stereocenters. The fourth-order valence-electron chi connectivity index (χ4n) is 8.27. The van der Waals surface area contributed by atoms with Crippen LogP contribution >= 0.6 is 0 Å². The topological polar surface area (TPSA) is 144 Å². The summed E-state index contributed by atoms with van der Waals surface area (Å²) in [5.41, 5.74) is 4.17. The van der Waals surface area contributed by atoms with Crippen molar-refractivity contribution in [1.29, 1.82) is 0 Å². The summed E-state index contributed by atoms with van der Waals surface area (Å²) in [6, 6.07) is 11.8. The van der Waals surface area contributed by atoms with Gasteiger partial charge in [0.1, 0.15) is 12.4 Å². The number of aryl methyl sites for hydroxylation is 2. The Morgan fingerprint density at radius 1 is 0.855 bits per heavy atom. The standard InChI is InChI=1S/C40H56N6O8.CH4/c1-28-24-30(25-29(2)37(28)48)26-35(38(49)44-20-18-43(19-21-44)32-9-13-42(14-10-32)27-36(47)53-23-22-52-3)54-40(51)45-15-11-33(12-16-45)46-17-8-31-6-4-5-7-34(31)41-39(46)50;/h4-7,24-25,32-33,35,48H,8-23,26-27H2,1-3H3,(H,41,50);1H4/t35-;/m1./s1. The van der Waals surface area contributed by atoms with Crippen LogP contribution in [0.25, 0.3) is 0 Å². The first-order chi connectivity index (χ1) is 26.1. The van der Waals surface area contributed by atoms with E-state index in [9.17, 15) is 24.3 Å². The molecule has 0 spiro atoms. The van der Waals surface area contributed by atoms with Crippen LogP contribution < -0.4 is 5.32 Å². The van der Waals surface area contributed by atoms with Crippen molar-refractivity contribution < 1.29 is 38.5 Å². The summed E-state index contributed by atoms with van der Waals surface area (Å²) in [5, 5.41) is 13.4. The minimum absolute atomic E-state index is 0. The first kappa shape index (κ1) is 41.8. The van der Waals surface area contributed by atoms with Crippen molar-refractivity contribution in [2.24, 2.45) is 0 Å². The highest BCUT2D eigenvalue weighted by molar-refractivity contribution is 5.91. The van der Waals surface area contributed by atoms with Gasteiger partial charge >= 0.3 is 18.1 Å². The van der Waals surface area contributed by atoms with E-state index in [1.54, 1.807) is 12.0 Å². The number of nitrogens with zero attached hydrogens (tertiary/aromatic N) is 5. The molecular formula is C41H60N6O8. The number of para-hydroxylation sites is 1. The average Bonchev–Trinajstić information content (AvgIpc) is 3.35. The molecule has 0 saturated carbocycles. The highest BCUT2D eigenvalue weighted by Gasteiger charge is 2.36. The normalized spacial score (nSPS) is 19.5. The number of esters is 1. The molecule has 4 aliphatic rings. The van der Waals surface area contributed by atoms with Gasteiger partial charge < -0.3 is 39.3 Å². The van der Waals surface area contributed by atoms with Crippen LogP contribution in [0.3, 0.4) is 0 Å². The Balaban J connectivity index is 0.00000580. The zero-order chi connectivity index (χ0) is 38.2. The number of rotatable bonds is 11. The number of fused-ring (bicyclic) bond motifs is 1. The molecule has 0 bridgehead atoms. The van der Waals surface area contributed by atoms with Crippen molar-refractivity contribution in [2.75, 3.05) is 91.1 Å². The Bertz CT molecular complexity index is 1610. The number of likely N-dealkylation sites (tertiary alicyclic amines) is 2. The van der Waals surface area contributed by atoms with Gasteiger partial charge in [0.2, 0.25) is 0 Å². The number of ether oxygens (including phenoxy) is 3. The Morgan fingerprint density at radius 2 is 1.51 bits per heavy atom. The van der Waals surface area contributed by atoms with E-state index in [1.165, 1.54) is 0 Å². The van der Waals surface area contributed by atoms with Crippen LogP contribution in [-0.2, 0) is 36.6 Å². The molecule has 55 heavy (non-hydrogen) atoms. The van der Waals surface area contributed by atoms with Gasteiger partial charge in [-0.05, 0) is 74.3 Å². The first-order valence-corrected chi connectivity index (χ1v) is 19.4. The van der Waals surface area contributed by atoms with Crippen LogP contribution in [0.4, 0.5) is 15.3 Å². The van der Waals surface area contributed by atoms with Crippen LogP contribution in [0, 0.1) is 13.8 Å². The van der Waals surface area contributed by atoms with E-state index in [-0.39, 0.29) is 56.7 Å². The van der Waals surface area contributed by atoms with Crippen LogP contribution in [0.15, 0.2) is 36.4 Å². The van der Waals surface area contributed by atoms with E-state index in [0.29, 0.717) is 69.3 Å². The van der Waals surface area contributed by atoms with Crippen molar-refractivity contribution in [3.8, 4) is 5.75 Å². The van der Waals surface area contributed by atoms with Gasteiger partial charge in [-0.25, -0.2) is 9.59 Å². The second-order valence-corrected chi connectivity index (χ2v) is 15.0. The molecule has 2 aromatic rings. The Labute approximate surface area is 325 Å². The molecule has 3 saturated heterocycles. The number of piperazine rings is 1. The monoisotopic (exact) mass is 764 g/mol. The van der Waals surface area contributed by atoms with Gasteiger partial charge in [0.05, 0.1) is 13.2 Å². The molecule has 2 N–H and O–H groups in total. The molecule has 2 aromatic carbocycles. The average molecular weight is 765 g/mol. The zero-order valence-electron chi connectivity index (χ0n) is 32.0. The molecule has 6 rings (SSSR count). The summed E-state index contributed by atoms with van der Waals surface area (Å²) in [4.78, 5) is 63.0. The number of anilines is 1. The number of piperidine rings is 2. The maximum Gasteiger partial charge on any atom is 0.410 e. The van der Waals surface area contributed by atoms with Gasteiger partial charge in [-0.2, -0.15) is 0 Å². The molecule has 302 valence electrons. The number of aromatic hydroxyl groups is 1. The third-order valence-corrected chi connectivity index (χ3v) is 11.4. The van der Waals surface area contributed by atoms with Gasteiger partial charge in [-0.15, -0.1) is 0 Å². The number of amides is 4. The number of urea groups is 1. The molecule has 3 fully saturated rings. The molecule has 4 aliphatic heterocycles. The second-order valence-electron chi connectivity index (χ2n) is 15.0. The second kappa shape index (κ2) is 19.5. The van der Waals surface area contributed by atoms with E-state index in [0.717, 1.165) is 62.3 Å². The molecule has 4 amide bonds. The summed E-state index contributed by atoms with van der Waals surface area (Å²) >= 11 is 0. The Hall–Kier alpha value is -4.40. The van der Waals surface area contributed by atoms with E-state index >= 15 is 0 Å². The van der Waals surface area contributed by atoms with Crippen LogP contribution in [0.5, 0.6) is 5.75 Å². The number of carbonyl (C=O) groups excluding carboxylic acids is 4. The van der Waals surface area contributed by atoms with Gasteiger partial charge in [-0.1, -0.05) is 37.8 Å². The lowest BCUT2D eigenvalue weighted by Crippen LogP contribution is -2.57.